The standard InChI is InChI=1S/C25H25F3N2O4/c1-16-21(29-23(34-16)18-5-7-19(8-6-18)25(26,27)28)12-14-33-20-9-3-17(4-10-20)15-30-13-11-22(30)24(31)32-2/h3-10,22H,11-15H2,1-2H3/t22-/m1/s1. The second kappa shape index (κ2) is 9.89. The highest BCUT2D eigenvalue weighted by Crippen LogP contribution is 2.31. The van der Waals surface area contributed by atoms with Gasteiger partial charge in [0.2, 0.25) is 5.89 Å². The number of hydrogen-bond acceptors (Lipinski definition) is 6. The van der Waals surface area contributed by atoms with Gasteiger partial charge < -0.3 is 13.9 Å². The molecule has 0 amide bonds. The molecule has 1 saturated heterocycles. The second-order valence-corrected chi connectivity index (χ2v) is 8.14. The Hall–Kier alpha value is -3.33. The molecule has 2 aromatic carbocycles. The molecule has 34 heavy (non-hydrogen) atoms. The van der Waals surface area contributed by atoms with Crippen molar-refractivity contribution in [1.29, 1.82) is 0 Å². The molecule has 0 bridgehead atoms. The van der Waals surface area contributed by atoms with Crippen molar-refractivity contribution in [3.8, 4) is 17.2 Å². The summed E-state index contributed by atoms with van der Waals surface area (Å²) in [5.74, 6) is 1.39. The fourth-order valence-corrected chi connectivity index (χ4v) is 3.81. The summed E-state index contributed by atoms with van der Waals surface area (Å²) in [7, 11) is 1.40. The molecule has 6 nitrogen and oxygen atoms in total. The van der Waals surface area contributed by atoms with Crippen molar-refractivity contribution in [3.05, 3.63) is 71.1 Å². The van der Waals surface area contributed by atoms with E-state index in [0.717, 1.165) is 30.7 Å². The van der Waals surface area contributed by atoms with Gasteiger partial charge in [0, 0.05) is 25.1 Å². The van der Waals surface area contributed by atoms with Gasteiger partial charge in [0.25, 0.3) is 0 Å². The molecular formula is C25H25F3N2O4. The highest BCUT2D eigenvalue weighted by atomic mass is 19.4. The average Bonchev–Trinajstić information content (AvgIpc) is 3.17. The average molecular weight is 474 g/mol. The largest absolute Gasteiger partial charge is 0.493 e. The highest BCUT2D eigenvalue weighted by Gasteiger charge is 2.34. The van der Waals surface area contributed by atoms with E-state index in [2.05, 4.69) is 9.88 Å². The Labute approximate surface area is 195 Å². The summed E-state index contributed by atoms with van der Waals surface area (Å²) in [5, 5.41) is 0. The molecule has 0 unspecified atom stereocenters. The van der Waals surface area contributed by atoms with Crippen molar-refractivity contribution in [3.63, 3.8) is 0 Å². The number of halogens is 3. The van der Waals surface area contributed by atoms with Crippen LogP contribution >= 0.6 is 0 Å². The van der Waals surface area contributed by atoms with Gasteiger partial charge in [0.05, 0.1) is 25.0 Å². The Morgan fingerprint density at radius 1 is 1.15 bits per heavy atom. The topological polar surface area (TPSA) is 64.8 Å². The summed E-state index contributed by atoms with van der Waals surface area (Å²) in [6, 6.07) is 12.2. The van der Waals surface area contributed by atoms with Crippen LogP contribution in [0.1, 0.15) is 29.0 Å². The van der Waals surface area contributed by atoms with Crippen LogP contribution in [0.25, 0.3) is 11.5 Å². The third kappa shape index (κ3) is 5.41. The summed E-state index contributed by atoms with van der Waals surface area (Å²) >= 11 is 0. The van der Waals surface area contributed by atoms with Crippen molar-refractivity contribution in [2.24, 2.45) is 0 Å². The van der Waals surface area contributed by atoms with Gasteiger partial charge in [-0.2, -0.15) is 13.2 Å². The molecule has 2 heterocycles. The number of alkyl halides is 3. The number of rotatable bonds is 8. The number of carbonyl (C=O) groups is 1. The number of aromatic nitrogens is 1. The number of carbonyl (C=O) groups excluding carboxylic acids is 1. The van der Waals surface area contributed by atoms with Gasteiger partial charge in [-0.15, -0.1) is 0 Å². The molecule has 1 aliphatic heterocycles. The number of esters is 1. The Bertz CT molecular complexity index is 1120. The molecule has 0 saturated carbocycles. The molecule has 1 aromatic heterocycles. The van der Waals surface area contributed by atoms with E-state index in [1.165, 1.54) is 19.2 Å². The molecule has 3 aromatic rings. The summed E-state index contributed by atoms with van der Waals surface area (Å²) in [6.07, 6.45) is -3.08. The van der Waals surface area contributed by atoms with Crippen LogP contribution in [0, 0.1) is 6.92 Å². The van der Waals surface area contributed by atoms with Gasteiger partial charge in [0.1, 0.15) is 17.6 Å². The summed E-state index contributed by atoms with van der Waals surface area (Å²) in [5.41, 5.74) is 1.54. The van der Waals surface area contributed by atoms with Gasteiger partial charge in [0.15, 0.2) is 0 Å². The highest BCUT2D eigenvalue weighted by molar-refractivity contribution is 5.76. The van der Waals surface area contributed by atoms with Gasteiger partial charge in [-0.3, -0.25) is 9.69 Å². The van der Waals surface area contributed by atoms with Crippen molar-refractivity contribution >= 4 is 5.97 Å². The van der Waals surface area contributed by atoms with Crippen LogP contribution in [0.2, 0.25) is 0 Å². The van der Waals surface area contributed by atoms with E-state index in [1.807, 2.05) is 24.3 Å². The maximum atomic E-state index is 12.8. The minimum Gasteiger partial charge on any atom is -0.493 e. The molecular weight excluding hydrogens is 449 g/mol. The van der Waals surface area contributed by atoms with Gasteiger partial charge in [-0.1, -0.05) is 12.1 Å². The third-order valence-electron chi connectivity index (χ3n) is 5.87. The lowest BCUT2D eigenvalue weighted by atomic mass is 10.0. The Kier molecular flexibility index (Phi) is 6.92. The SMILES string of the molecule is COC(=O)[C@H]1CCN1Cc1ccc(OCCc2nc(-c3ccc(C(F)(F)F)cc3)oc2C)cc1. The number of benzene rings is 2. The number of aryl methyl sites for hydroxylation is 1. The van der Waals surface area contributed by atoms with E-state index in [4.69, 9.17) is 13.9 Å². The summed E-state index contributed by atoms with van der Waals surface area (Å²) in [4.78, 5) is 18.2. The monoisotopic (exact) mass is 474 g/mol. The Morgan fingerprint density at radius 3 is 2.44 bits per heavy atom. The summed E-state index contributed by atoms with van der Waals surface area (Å²) in [6.45, 7) is 3.67. The quantitative estimate of drug-likeness (QED) is 0.427. The minimum atomic E-state index is -4.38. The predicted molar refractivity (Wildman–Crippen MR) is 118 cm³/mol. The lowest BCUT2D eigenvalue weighted by molar-refractivity contribution is -0.152. The van der Waals surface area contributed by atoms with E-state index >= 15 is 0 Å². The fourth-order valence-electron chi connectivity index (χ4n) is 3.81. The molecule has 0 radical (unpaired) electrons. The number of methoxy groups -OCH3 is 1. The van der Waals surface area contributed by atoms with Crippen LogP contribution in [-0.4, -0.2) is 42.2 Å². The lowest BCUT2D eigenvalue weighted by Gasteiger charge is -2.38. The first-order valence-corrected chi connectivity index (χ1v) is 10.9. The zero-order valence-corrected chi connectivity index (χ0v) is 18.9. The number of hydrogen-bond donors (Lipinski definition) is 0. The van der Waals surface area contributed by atoms with Crippen LogP contribution < -0.4 is 4.74 Å². The fraction of sp³-hybridized carbons (Fsp3) is 0.360. The number of ether oxygens (including phenoxy) is 2. The van der Waals surface area contributed by atoms with Crippen molar-refractivity contribution in [2.45, 2.75) is 38.5 Å². The maximum Gasteiger partial charge on any atom is 0.416 e. The van der Waals surface area contributed by atoms with Crippen molar-refractivity contribution < 1.29 is 31.9 Å². The number of nitrogens with zero attached hydrogens (tertiary/aromatic N) is 2. The Morgan fingerprint density at radius 2 is 1.85 bits per heavy atom. The van der Waals surface area contributed by atoms with E-state index in [0.29, 0.717) is 42.3 Å². The first-order valence-electron chi connectivity index (χ1n) is 10.9. The van der Waals surface area contributed by atoms with Crippen molar-refractivity contribution in [1.82, 2.24) is 9.88 Å². The normalized spacial score (nSPS) is 16.2. The van der Waals surface area contributed by atoms with Crippen LogP contribution in [0.3, 0.4) is 0 Å². The molecule has 1 atom stereocenters. The molecule has 1 aliphatic rings. The van der Waals surface area contributed by atoms with Crippen molar-refractivity contribution in [2.75, 3.05) is 20.3 Å². The van der Waals surface area contributed by atoms with E-state index < -0.39 is 11.7 Å². The molecule has 180 valence electrons. The van der Waals surface area contributed by atoms with Gasteiger partial charge in [-0.25, -0.2) is 4.98 Å². The first kappa shape index (κ1) is 23.8. The molecule has 0 aliphatic carbocycles. The number of likely N-dealkylation sites (tertiary alicyclic amines) is 1. The van der Waals surface area contributed by atoms with E-state index in [1.54, 1.807) is 6.92 Å². The van der Waals surface area contributed by atoms with Gasteiger partial charge in [-0.05, 0) is 55.3 Å². The van der Waals surface area contributed by atoms with Crippen LogP contribution in [0.5, 0.6) is 5.75 Å². The maximum absolute atomic E-state index is 12.8. The van der Waals surface area contributed by atoms with Crippen LogP contribution in [0.15, 0.2) is 52.9 Å². The van der Waals surface area contributed by atoms with Gasteiger partial charge >= 0.3 is 12.1 Å². The number of oxazole rings is 1. The first-order chi connectivity index (χ1) is 16.2. The zero-order chi connectivity index (χ0) is 24.3. The predicted octanol–water partition coefficient (Wildman–Crippen LogP) is 5.04. The molecule has 0 N–H and O–H groups in total. The third-order valence-corrected chi connectivity index (χ3v) is 5.87. The zero-order valence-electron chi connectivity index (χ0n) is 18.9. The van der Waals surface area contributed by atoms with E-state index in [9.17, 15) is 18.0 Å². The van der Waals surface area contributed by atoms with Crippen LogP contribution in [-0.2, 0) is 28.7 Å². The summed E-state index contributed by atoms with van der Waals surface area (Å²) < 4.78 is 54.5. The molecule has 0 spiro atoms. The Balaban J connectivity index is 1.29. The van der Waals surface area contributed by atoms with Crippen LogP contribution in [0.4, 0.5) is 13.2 Å². The molecule has 9 heteroatoms. The lowest BCUT2D eigenvalue weighted by Crippen LogP contribution is -2.52. The minimum absolute atomic E-state index is 0.168. The van der Waals surface area contributed by atoms with E-state index in [-0.39, 0.29) is 17.9 Å². The molecule has 4 rings (SSSR count). The second-order valence-electron chi connectivity index (χ2n) is 8.14. The smallest absolute Gasteiger partial charge is 0.416 e. The molecule has 1 fully saturated rings.